The second-order valence-electron chi connectivity index (χ2n) is 5.06. The molecular weight excluding hydrogens is 287 g/mol. The predicted molar refractivity (Wildman–Crippen MR) is 72.3 cm³/mol. The second-order valence-corrected chi connectivity index (χ2v) is 5.06. The third-order valence-electron chi connectivity index (χ3n) is 3.16. The van der Waals surface area contributed by atoms with Gasteiger partial charge < -0.3 is 14.8 Å². The lowest BCUT2D eigenvalue weighted by atomic mass is 9.83. The van der Waals surface area contributed by atoms with Crippen LogP contribution in [0.15, 0.2) is 24.3 Å². The van der Waals surface area contributed by atoms with E-state index in [2.05, 4.69) is 10.1 Å². The predicted octanol–water partition coefficient (Wildman–Crippen LogP) is 3.24. The van der Waals surface area contributed by atoms with Crippen molar-refractivity contribution in [3.05, 3.63) is 24.3 Å². The van der Waals surface area contributed by atoms with Crippen LogP contribution in [0.25, 0.3) is 0 Å². The van der Waals surface area contributed by atoms with E-state index in [1.165, 1.54) is 45.2 Å². The summed E-state index contributed by atoms with van der Waals surface area (Å²) < 4.78 is 49.2. The van der Waals surface area contributed by atoms with Crippen molar-refractivity contribution in [1.82, 2.24) is 0 Å². The van der Waals surface area contributed by atoms with Gasteiger partial charge in [-0.3, -0.25) is 4.79 Å². The van der Waals surface area contributed by atoms with E-state index in [0.29, 0.717) is 5.75 Å². The van der Waals surface area contributed by atoms with E-state index in [9.17, 15) is 18.0 Å². The lowest BCUT2D eigenvalue weighted by Crippen LogP contribution is -2.51. The van der Waals surface area contributed by atoms with Gasteiger partial charge in [0.15, 0.2) is 0 Å². The molecule has 0 spiro atoms. The summed E-state index contributed by atoms with van der Waals surface area (Å²) >= 11 is 0. The molecule has 0 heterocycles. The first-order chi connectivity index (χ1) is 9.62. The van der Waals surface area contributed by atoms with Crippen LogP contribution in [0.5, 0.6) is 5.75 Å². The molecule has 21 heavy (non-hydrogen) atoms. The van der Waals surface area contributed by atoms with Crippen LogP contribution in [0.4, 0.5) is 18.9 Å². The topological polar surface area (TPSA) is 47.6 Å². The number of hydrogen-bond acceptors (Lipinski definition) is 4. The highest BCUT2D eigenvalue weighted by Gasteiger charge is 2.53. The van der Waals surface area contributed by atoms with Crippen molar-refractivity contribution in [2.45, 2.75) is 26.1 Å². The number of ether oxygens (including phenoxy) is 2. The highest BCUT2D eigenvalue weighted by atomic mass is 19.4. The average Bonchev–Trinajstić information content (AvgIpc) is 2.42. The molecule has 0 amide bonds. The van der Waals surface area contributed by atoms with Gasteiger partial charge in [-0.25, -0.2) is 0 Å². The summed E-state index contributed by atoms with van der Waals surface area (Å²) in [5.41, 5.74) is -1.54. The zero-order valence-electron chi connectivity index (χ0n) is 12.2. The van der Waals surface area contributed by atoms with Crippen LogP contribution < -0.4 is 10.1 Å². The number of hydrogen-bond donors (Lipinski definition) is 1. The van der Waals surface area contributed by atoms with Crippen LogP contribution in [0, 0.1) is 5.41 Å². The maximum absolute atomic E-state index is 13.2. The molecule has 4 nitrogen and oxygen atoms in total. The fourth-order valence-corrected chi connectivity index (χ4v) is 1.91. The maximum atomic E-state index is 13.2. The molecule has 1 aromatic carbocycles. The molecule has 0 saturated carbocycles. The molecule has 0 aliphatic heterocycles. The van der Waals surface area contributed by atoms with Gasteiger partial charge in [-0.1, -0.05) is 0 Å². The van der Waals surface area contributed by atoms with Gasteiger partial charge in [0.05, 0.1) is 19.6 Å². The number of rotatable bonds is 5. The van der Waals surface area contributed by atoms with Gasteiger partial charge in [-0.05, 0) is 38.1 Å². The summed E-state index contributed by atoms with van der Waals surface area (Å²) in [5, 5.41) is 2.34. The summed E-state index contributed by atoms with van der Waals surface area (Å²) in [5.74, 6) is -0.415. The normalized spacial score (nSPS) is 13.5. The monoisotopic (exact) mass is 305 g/mol. The van der Waals surface area contributed by atoms with E-state index >= 15 is 0 Å². The number of nitrogens with one attached hydrogen (secondary N) is 1. The largest absolute Gasteiger partial charge is 0.497 e. The number of methoxy groups -OCH3 is 2. The van der Waals surface area contributed by atoms with Crippen molar-refractivity contribution in [2.24, 2.45) is 5.41 Å². The summed E-state index contributed by atoms with van der Waals surface area (Å²) in [7, 11) is 2.52. The highest BCUT2D eigenvalue weighted by Crippen LogP contribution is 2.37. The molecule has 0 aliphatic rings. The fraction of sp³-hybridized carbons (Fsp3) is 0.500. The van der Waals surface area contributed by atoms with E-state index in [-0.39, 0.29) is 5.69 Å². The van der Waals surface area contributed by atoms with Crippen LogP contribution in [0.1, 0.15) is 13.8 Å². The van der Waals surface area contributed by atoms with Crippen molar-refractivity contribution < 1.29 is 27.4 Å². The molecular formula is C14H18F3NO3. The van der Waals surface area contributed by atoms with E-state index in [1.54, 1.807) is 0 Å². The molecule has 0 radical (unpaired) electrons. The van der Waals surface area contributed by atoms with Crippen LogP contribution in [0.3, 0.4) is 0 Å². The highest BCUT2D eigenvalue weighted by molar-refractivity contribution is 5.77. The SMILES string of the molecule is COC(=O)C(C)(C)C(Nc1ccc(OC)cc1)C(F)(F)F. The Morgan fingerprint density at radius 1 is 1.14 bits per heavy atom. The van der Waals surface area contributed by atoms with Crippen LogP contribution in [0.2, 0.25) is 0 Å². The Bertz CT molecular complexity index is 483. The molecule has 0 bridgehead atoms. The van der Waals surface area contributed by atoms with Gasteiger partial charge in [0, 0.05) is 5.69 Å². The summed E-state index contributed by atoms with van der Waals surface area (Å²) in [4.78, 5) is 11.6. The van der Waals surface area contributed by atoms with Gasteiger partial charge in [0.1, 0.15) is 11.8 Å². The van der Waals surface area contributed by atoms with Crippen molar-refractivity contribution in [3.63, 3.8) is 0 Å². The number of alkyl halides is 3. The molecule has 118 valence electrons. The third-order valence-corrected chi connectivity index (χ3v) is 3.16. The Morgan fingerprint density at radius 3 is 2.05 bits per heavy atom. The minimum atomic E-state index is -4.61. The summed E-state index contributed by atoms with van der Waals surface area (Å²) in [6.45, 7) is 2.38. The smallest absolute Gasteiger partial charge is 0.409 e. The maximum Gasteiger partial charge on any atom is 0.409 e. The quantitative estimate of drug-likeness (QED) is 0.848. The van der Waals surface area contributed by atoms with Gasteiger partial charge in [-0.2, -0.15) is 13.2 Å². The van der Waals surface area contributed by atoms with Crippen molar-refractivity contribution in [2.75, 3.05) is 19.5 Å². The summed E-state index contributed by atoms with van der Waals surface area (Å²) in [6.07, 6.45) is -4.61. The van der Waals surface area contributed by atoms with Gasteiger partial charge >= 0.3 is 12.1 Å². The van der Waals surface area contributed by atoms with Crippen molar-refractivity contribution >= 4 is 11.7 Å². The number of halogens is 3. The van der Waals surface area contributed by atoms with E-state index in [4.69, 9.17) is 4.74 Å². The lowest BCUT2D eigenvalue weighted by Gasteiger charge is -2.34. The van der Waals surface area contributed by atoms with Crippen LogP contribution in [-0.4, -0.2) is 32.4 Å². The first-order valence-electron chi connectivity index (χ1n) is 6.18. The van der Waals surface area contributed by atoms with Crippen LogP contribution in [-0.2, 0) is 9.53 Å². The summed E-state index contributed by atoms with van der Waals surface area (Å²) in [6, 6.07) is 3.88. The Hall–Kier alpha value is -1.92. The van der Waals surface area contributed by atoms with E-state index in [1.807, 2.05) is 0 Å². The zero-order valence-corrected chi connectivity index (χ0v) is 12.2. The Morgan fingerprint density at radius 2 is 1.67 bits per heavy atom. The zero-order chi connectivity index (χ0) is 16.3. The minimum Gasteiger partial charge on any atom is -0.497 e. The third kappa shape index (κ3) is 4.03. The Balaban J connectivity index is 3.06. The van der Waals surface area contributed by atoms with Crippen LogP contribution >= 0.6 is 0 Å². The lowest BCUT2D eigenvalue weighted by molar-refractivity contribution is -0.182. The number of carbonyl (C=O) groups excluding carboxylic acids is 1. The standard InChI is InChI=1S/C14H18F3NO3/c1-13(2,12(19)21-4)11(14(15,16)17)18-9-5-7-10(20-3)8-6-9/h5-8,11,18H,1-4H3. The second kappa shape index (κ2) is 6.24. The minimum absolute atomic E-state index is 0.232. The first kappa shape index (κ1) is 17.1. The van der Waals surface area contributed by atoms with E-state index in [0.717, 1.165) is 7.11 Å². The Kier molecular flexibility index (Phi) is 5.09. The first-order valence-corrected chi connectivity index (χ1v) is 6.18. The molecule has 1 aromatic rings. The fourth-order valence-electron chi connectivity index (χ4n) is 1.91. The Labute approximate surface area is 121 Å². The van der Waals surface area contributed by atoms with E-state index < -0.39 is 23.6 Å². The molecule has 1 N–H and O–H groups in total. The average molecular weight is 305 g/mol. The molecule has 0 aromatic heterocycles. The molecule has 0 fully saturated rings. The number of carbonyl (C=O) groups is 1. The molecule has 7 heteroatoms. The van der Waals surface area contributed by atoms with Gasteiger partial charge in [0.2, 0.25) is 0 Å². The molecule has 1 atom stereocenters. The number of esters is 1. The molecule has 1 rings (SSSR count). The number of anilines is 1. The van der Waals surface area contributed by atoms with Gasteiger partial charge in [0.25, 0.3) is 0 Å². The van der Waals surface area contributed by atoms with Gasteiger partial charge in [-0.15, -0.1) is 0 Å². The molecule has 0 aliphatic carbocycles. The number of benzene rings is 1. The van der Waals surface area contributed by atoms with Crippen molar-refractivity contribution in [1.29, 1.82) is 0 Å². The molecule has 1 unspecified atom stereocenters. The molecule has 0 saturated heterocycles. The van der Waals surface area contributed by atoms with Crippen molar-refractivity contribution in [3.8, 4) is 5.75 Å².